The lowest BCUT2D eigenvalue weighted by molar-refractivity contribution is 0.0647. The summed E-state index contributed by atoms with van der Waals surface area (Å²) in [6.07, 6.45) is 0.935. The second kappa shape index (κ2) is 6.61. The second-order valence-corrected chi connectivity index (χ2v) is 7.05. The maximum Gasteiger partial charge on any atom is 0.256 e. The lowest BCUT2D eigenvalue weighted by Gasteiger charge is -2.25. The highest BCUT2D eigenvalue weighted by molar-refractivity contribution is 6.30. The number of likely N-dealkylation sites (tertiary alicyclic amines) is 1. The summed E-state index contributed by atoms with van der Waals surface area (Å²) in [5.41, 5.74) is 3.53. The van der Waals surface area contributed by atoms with Gasteiger partial charge in [-0.1, -0.05) is 24.6 Å². The fourth-order valence-corrected chi connectivity index (χ4v) is 3.87. The zero-order chi connectivity index (χ0) is 17.4. The molecule has 1 aromatic carbocycles. The van der Waals surface area contributed by atoms with E-state index in [4.69, 9.17) is 11.6 Å². The van der Waals surface area contributed by atoms with Crippen molar-refractivity contribution >= 4 is 17.5 Å². The van der Waals surface area contributed by atoms with Crippen LogP contribution in [0.2, 0.25) is 5.02 Å². The Morgan fingerprint density at radius 2 is 2.08 bits per heavy atom. The van der Waals surface area contributed by atoms with E-state index >= 15 is 0 Å². The van der Waals surface area contributed by atoms with Crippen LogP contribution in [-0.4, -0.2) is 39.7 Å². The Balaban J connectivity index is 1.99. The quantitative estimate of drug-likeness (QED) is 0.923. The van der Waals surface area contributed by atoms with E-state index in [1.807, 2.05) is 53.6 Å². The lowest BCUT2D eigenvalue weighted by atomic mass is 10.0. The summed E-state index contributed by atoms with van der Waals surface area (Å²) < 4.78 is 2.05. The number of aryl methyl sites for hydroxylation is 1. The highest BCUT2D eigenvalue weighted by Gasteiger charge is 2.35. The van der Waals surface area contributed by atoms with Crippen LogP contribution < -0.4 is 0 Å². The van der Waals surface area contributed by atoms with Gasteiger partial charge in [-0.25, -0.2) is 0 Å². The highest BCUT2D eigenvalue weighted by atomic mass is 35.5. The summed E-state index contributed by atoms with van der Waals surface area (Å²) in [5.74, 6) is 0.329. The van der Waals surface area contributed by atoms with Gasteiger partial charge in [0.2, 0.25) is 0 Å². The predicted octanol–water partition coefficient (Wildman–Crippen LogP) is 3.59. The van der Waals surface area contributed by atoms with E-state index < -0.39 is 0 Å². The largest absolute Gasteiger partial charge is 0.394 e. The summed E-state index contributed by atoms with van der Waals surface area (Å²) in [5, 5.41) is 10.3. The number of amides is 1. The van der Waals surface area contributed by atoms with Gasteiger partial charge in [-0.3, -0.25) is 4.79 Å². The number of hydrogen-bond acceptors (Lipinski definition) is 2. The second-order valence-electron chi connectivity index (χ2n) is 6.61. The van der Waals surface area contributed by atoms with Gasteiger partial charge in [0.1, 0.15) is 0 Å². The summed E-state index contributed by atoms with van der Waals surface area (Å²) in [7, 11) is 0. The summed E-state index contributed by atoms with van der Waals surface area (Å²) in [4.78, 5) is 14.8. The molecule has 2 heterocycles. The van der Waals surface area contributed by atoms with Crippen LogP contribution in [0.5, 0.6) is 0 Å². The van der Waals surface area contributed by atoms with Gasteiger partial charge in [-0.2, -0.15) is 0 Å². The molecule has 1 fully saturated rings. The van der Waals surface area contributed by atoms with E-state index in [1.165, 1.54) is 0 Å². The number of aliphatic hydroxyl groups excluding tert-OH is 1. The molecule has 0 bridgehead atoms. The third kappa shape index (κ3) is 2.85. The van der Waals surface area contributed by atoms with Gasteiger partial charge in [0.15, 0.2) is 0 Å². The van der Waals surface area contributed by atoms with Gasteiger partial charge in [0.25, 0.3) is 5.91 Å². The Labute approximate surface area is 147 Å². The van der Waals surface area contributed by atoms with Gasteiger partial charge < -0.3 is 14.6 Å². The van der Waals surface area contributed by atoms with Crippen molar-refractivity contribution in [3.05, 3.63) is 52.3 Å². The van der Waals surface area contributed by atoms with E-state index in [2.05, 4.69) is 6.92 Å². The number of carbonyl (C=O) groups is 1. The van der Waals surface area contributed by atoms with Crippen LogP contribution in [0.4, 0.5) is 0 Å². The minimum atomic E-state index is -0.0910. The van der Waals surface area contributed by atoms with Crippen LogP contribution in [0, 0.1) is 19.8 Å². The van der Waals surface area contributed by atoms with Crippen LogP contribution in [0.3, 0.4) is 0 Å². The lowest BCUT2D eigenvalue weighted by Crippen LogP contribution is -2.40. The normalized spacial score (nSPS) is 20.6. The van der Waals surface area contributed by atoms with Crippen molar-refractivity contribution in [3.63, 3.8) is 0 Å². The number of nitrogens with zero attached hydrogens (tertiary/aromatic N) is 2. The number of benzene rings is 1. The topological polar surface area (TPSA) is 45.5 Å². The van der Waals surface area contributed by atoms with Crippen LogP contribution in [0.1, 0.15) is 35.1 Å². The molecule has 2 aromatic rings. The third-order valence-corrected chi connectivity index (χ3v) is 5.29. The molecule has 1 aliphatic heterocycles. The minimum Gasteiger partial charge on any atom is -0.394 e. The van der Waals surface area contributed by atoms with Crippen LogP contribution in [0.25, 0.3) is 5.69 Å². The van der Waals surface area contributed by atoms with Crippen molar-refractivity contribution in [1.29, 1.82) is 0 Å². The number of carbonyl (C=O) groups excluding carboxylic acids is 1. The molecule has 3 rings (SSSR count). The highest BCUT2D eigenvalue weighted by Crippen LogP contribution is 2.28. The third-order valence-electron chi connectivity index (χ3n) is 5.06. The zero-order valence-corrected chi connectivity index (χ0v) is 15.0. The monoisotopic (exact) mass is 346 g/mol. The molecule has 4 nitrogen and oxygen atoms in total. The fraction of sp³-hybridized carbons (Fsp3) is 0.421. The van der Waals surface area contributed by atoms with Gasteiger partial charge in [0.05, 0.1) is 18.2 Å². The fourth-order valence-electron chi connectivity index (χ4n) is 3.69. The predicted molar refractivity (Wildman–Crippen MR) is 95.9 cm³/mol. The van der Waals surface area contributed by atoms with E-state index in [-0.39, 0.29) is 18.6 Å². The number of halogens is 1. The first-order valence-corrected chi connectivity index (χ1v) is 8.68. The average molecular weight is 347 g/mol. The van der Waals surface area contributed by atoms with Gasteiger partial charge in [-0.05, 0) is 50.5 Å². The summed E-state index contributed by atoms with van der Waals surface area (Å²) in [6, 6.07) is 9.45. The van der Waals surface area contributed by atoms with Crippen molar-refractivity contribution in [2.75, 3.05) is 13.2 Å². The van der Waals surface area contributed by atoms with Crippen molar-refractivity contribution < 1.29 is 9.90 Å². The molecule has 1 N–H and O–H groups in total. The minimum absolute atomic E-state index is 0.000205. The molecule has 0 spiro atoms. The summed E-state index contributed by atoms with van der Waals surface area (Å²) >= 11 is 6.11. The molecule has 1 aliphatic rings. The van der Waals surface area contributed by atoms with E-state index in [0.29, 0.717) is 23.0 Å². The first kappa shape index (κ1) is 17.1. The molecule has 0 radical (unpaired) electrons. The standard InChI is InChI=1S/C19H23ClN2O2/c1-12-7-8-21(18(12)11-23)19(24)17-9-13(2)22(14(17)3)16-6-4-5-15(20)10-16/h4-6,9-10,12,18,23H,7-8,11H2,1-3H3/t12-,18-/m1/s1. The van der Waals surface area contributed by atoms with Crippen molar-refractivity contribution in [2.24, 2.45) is 5.92 Å². The molecule has 0 aliphatic carbocycles. The number of aromatic nitrogens is 1. The molecule has 0 saturated carbocycles. The number of rotatable bonds is 3. The van der Waals surface area contributed by atoms with E-state index in [9.17, 15) is 9.90 Å². The smallest absolute Gasteiger partial charge is 0.256 e. The van der Waals surface area contributed by atoms with Crippen molar-refractivity contribution in [3.8, 4) is 5.69 Å². The van der Waals surface area contributed by atoms with Crippen molar-refractivity contribution in [2.45, 2.75) is 33.2 Å². The van der Waals surface area contributed by atoms with E-state index in [0.717, 1.165) is 23.5 Å². The van der Waals surface area contributed by atoms with Crippen LogP contribution >= 0.6 is 11.6 Å². The zero-order valence-electron chi connectivity index (χ0n) is 14.3. The Morgan fingerprint density at radius 3 is 2.75 bits per heavy atom. The maximum atomic E-state index is 13.0. The molecule has 5 heteroatoms. The summed E-state index contributed by atoms with van der Waals surface area (Å²) in [6.45, 7) is 6.74. The van der Waals surface area contributed by atoms with Gasteiger partial charge >= 0.3 is 0 Å². The molecule has 128 valence electrons. The molecular formula is C19H23ClN2O2. The van der Waals surface area contributed by atoms with Gasteiger partial charge in [0, 0.05) is 28.6 Å². The van der Waals surface area contributed by atoms with E-state index in [1.54, 1.807) is 0 Å². The first-order valence-electron chi connectivity index (χ1n) is 8.30. The Kier molecular flexibility index (Phi) is 4.70. The number of aliphatic hydroxyl groups is 1. The Bertz CT molecular complexity index is 769. The van der Waals surface area contributed by atoms with Crippen molar-refractivity contribution in [1.82, 2.24) is 9.47 Å². The first-order chi connectivity index (χ1) is 11.4. The van der Waals surface area contributed by atoms with Gasteiger partial charge in [-0.15, -0.1) is 0 Å². The average Bonchev–Trinajstić information content (AvgIpc) is 3.06. The number of hydrogen-bond donors (Lipinski definition) is 1. The maximum absolute atomic E-state index is 13.0. The molecule has 1 amide bonds. The molecule has 1 aromatic heterocycles. The van der Waals surface area contributed by atoms with Crippen LogP contribution in [-0.2, 0) is 0 Å². The Morgan fingerprint density at radius 1 is 1.33 bits per heavy atom. The molecular weight excluding hydrogens is 324 g/mol. The Hall–Kier alpha value is -1.78. The van der Waals surface area contributed by atoms with Crippen LogP contribution in [0.15, 0.2) is 30.3 Å². The SMILES string of the molecule is Cc1cc(C(=O)N2CC[C@@H](C)[C@H]2CO)c(C)n1-c1cccc(Cl)c1. The molecule has 24 heavy (non-hydrogen) atoms. The molecule has 0 unspecified atom stereocenters. The molecule has 2 atom stereocenters. The molecule has 1 saturated heterocycles.